The lowest BCUT2D eigenvalue weighted by Gasteiger charge is -2.33. The molecule has 0 spiro atoms. The third-order valence-electron chi connectivity index (χ3n) is 3.45. The lowest BCUT2D eigenvalue weighted by Crippen LogP contribution is -2.39. The van der Waals surface area contributed by atoms with Crippen LogP contribution < -0.4 is 5.73 Å². The molecule has 5 heteroatoms. The molecule has 2 nitrogen and oxygen atoms in total. The van der Waals surface area contributed by atoms with Gasteiger partial charge in [-0.2, -0.15) is 0 Å². The first kappa shape index (κ1) is 13.8. The highest BCUT2D eigenvalue weighted by molar-refractivity contribution is 9.10. The van der Waals surface area contributed by atoms with Gasteiger partial charge in [0.2, 0.25) is 0 Å². The van der Waals surface area contributed by atoms with Crippen molar-refractivity contribution in [2.75, 3.05) is 13.1 Å². The summed E-state index contributed by atoms with van der Waals surface area (Å²) in [4.78, 5) is 3.83. The summed E-state index contributed by atoms with van der Waals surface area (Å²) in [6, 6.07) is 2.47. The number of rotatable bonds is 3. The van der Waals surface area contributed by atoms with Gasteiger partial charge in [-0.15, -0.1) is 11.3 Å². The second kappa shape index (κ2) is 6.02. The van der Waals surface area contributed by atoms with Crippen LogP contribution in [0.25, 0.3) is 0 Å². The fourth-order valence-electron chi connectivity index (χ4n) is 2.33. The van der Waals surface area contributed by atoms with Gasteiger partial charge in [0.05, 0.1) is 0 Å². The molecule has 0 amide bonds. The van der Waals surface area contributed by atoms with Gasteiger partial charge >= 0.3 is 0 Å². The van der Waals surface area contributed by atoms with Crippen molar-refractivity contribution >= 4 is 38.9 Å². The zero-order valence-electron chi connectivity index (χ0n) is 9.96. The van der Waals surface area contributed by atoms with Crippen molar-refractivity contribution < 1.29 is 0 Å². The summed E-state index contributed by atoms with van der Waals surface area (Å²) in [5.74, 6) is 0.699. The first-order valence-corrected chi connectivity index (χ1v) is 7.96. The molecule has 2 rings (SSSR count). The van der Waals surface area contributed by atoms with Crippen LogP contribution in [0.3, 0.4) is 0 Å². The van der Waals surface area contributed by atoms with Crippen LogP contribution in [0.1, 0.15) is 24.6 Å². The fraction of sp³-hybridized carbons (Fsp3) is 0.667. The molecule has 17 heavy (non-hydrogen) atoms. The third-order valence-corrected chi connectivity index (χ3v) is 5.91. The Balaban J connectivity index is 1.86. The van der Waals surface area contributed by atoms with Gasteiger partial charge in [0.15, 0.2) is 0 Å². The van der Waals surface area contributed by atoms with Gasteiger partial charge in [0.25, 0.3) is 0 Å². The van der Waals surface area contributed by atoms with Crippen molar-refractivity contribution in [2.24, 2.45) is 11.7 Å². The van der Waals surface area contributed by atoms with Crippen molar-refractivity contribution in [3.63, 3.8) is 0 Å². The Morgan fingerprint density at radius 2 is 2.24 bits per heavy atom. The van der Waals surface area contributed by atoms with Crippen molar-refractivity contribution in [1.82, 2.24) is 4.90 Å². The Bertz CT molecular complexity index is 353. The summed E-state index contributed by atoms with van der Waals surface area (Å²) in [7, 11) is 0. The standard InChI is InChI=1S/C12H18BrClN2S/c1-8(15)9-2-4-16(5-3-9)7-10-6-11(13)12(14)17-10/h6,8-9H,2-5,7,15H2,1H3. The van der Waals surface area contributed by atoms with E-state index in [9.17, 15) is 0 Å². The summed E-state index contributed by atoms with van der Waals surface area (Å²) in [5, 5.41) is 0. The predicted molar refractivity (Wildman–Crippen MR) is 78.7 cm³/mol. The van der Waals surface area contributed by atoms with Gasteiger partial charge in [0, 0.05) is 21.9 Å². The Kier molecular flexibility index (Phi) is 4.89. The topological polar surface area (TPSA) is 29.3 Å². The average molecular weight is 338 g/mol. The van der Waals surface area contributed by atoms with Gasteiger partial charge in [-0.1, -0.05) is 11.6 Å². The summed E-state index contributed by atoms with van der Waals surface area (Å²) >= 11 is 11.2. The van der Waals surface area contributed by atoms with Crippen molar-refractivity contribution in [3.8, 4) is 0 Å². The summed E-state index contributed by atoms with van der Waals surface area (Å²) in [5.41, 5.74) is 5.95. The molecule has 1 fully saturated rings. The highest BCUT2D eigenvalue weighted by Crippen LogP contribution is 2.33. The molecule has 0 radical (unpaired) electrons. The van der Waals surface area contributed by atoms with Gasteiger partial charge in [0.1, 0.15) is 4.34 Å². The largest absolute Gasteiger partial charge is 0.328 e. The van der Waals surface area contributed by atoms with E-state index in [0.29, 0.717) is 12.0 Å². The maximum Gasteiger partial charge on any atom is 0.107 e. The third kappa shape index (κ3) is 3.67. The normalized spacial score (nSPS) is 20.7. The van der Waals surface area contributed by atoms with Crippen molar-refractivity contribution in [3.05, 3.63) is 19.8 Å². The lowest BCUT2D eigenvalue weighted by atomic mass is 9.91. The van der Waals surface area contributed by atoms with E-state index < -0.39 is 0 Å². The van der Waals surface area contributed by atoms with E-state index in [-0.39, 0.29) is 0 Å². The van der Waals surface area contributed by atoms with E-state index in [1.165, 1.54) is 17.7 Å². The van der Waals surface area contributed by atoms with Crippen LogP contribution in [0.15, 0.2) is 10.5 Å². The number of hydrogen-bond acceptors (Lipinski definition) is 3. The highest BCUT2D eigenvalue weighted by atomic mass is 79.9. The molecule has 0 saturated carbocycles. The second-order valence-electron chi connectivity index (χ2n) is 4.81. The van der Waals surface area contributed by atoms with E-state index in [4.69, 9.17) is 17.3 Å². The summed E-state index contributed by atoms with van der Waals surface area (Å²) < 4.78 is 1.87. The number of piperidine rings is 1. The highest BCUT2D eigenvalue weighted by Gasteiger charge is 2.22. The zero-order valence-corrected chi connectivity index (χ0v) is 13.1. The van der Waals surface area contributed by atoms with E-state index >= 15 is 0 Å². The van der Waals surface area contributed by atoms with Gasteiger partial charge in [-0.3, -0.25) is 4.90 Å². The maximum atomic E-state index is 6.05. The number of nitrogens with two attached hydrogens (primary N) is 1. The molecular weight excluding hydrogens is 320 g/mol. The quantitative estimate of drug-likeness (QED) is 0.910. The predicted octanol–water partition coefficient (Wildman–Crippen LogP) is 3.72. The molecule has 1 atom stereocenters. The van der Waals surface area contributed by atoms with Gasteiger partial charge in [-0.25, -0.2) is 0 Å². The van der Waals surface area contributed by atoms with Gasteiger partial charge in [-0.05, 0) is 60.8 Å². The number of thiophene rings is 1. The first-order valence-electron chi connectivity index (χ1n) is 5.98. The maximum absolute atomic E-state index is 6.05. The average Bonchev–Trinajstić information content (AvgIpc) is 2.58. The van der Waals surface area contributed by atoms with E-state index in [1.54, 1.807) is 11.3 Å². The molecule has 2 N–H and O–H groups in total. The molecule has 1 aromatic rings. The van der Waals surface area contributed by atoms with E-state index in [2.05, 4.69) is 33.8 Å². The smallest absolute Gasteiger partial charge is 0.107 e. The minimum Gasteiger partial charge on any atom is -0.328 e. The van der Waals surface area contributed by atoms with Gasteiger partial charge < -0.3 is 5.73 Å². The molecule has 1 aromatic heterocycles. The number of hydrogen-bond donors (Lipinski definition) is 1. The molecule has 0 aliphatic carbocycles. The minimum absolute atomic E-state index is 0.336. The van der Waals surface area contributed by atoms with Crippen molar-refractivity contribution in [2.45, 2.75) is 32.4 Å². The van der Waals surface area contributed by atoms with E-state index in [0.717, 1.165) is 28.4 Å². The van der Waals surface area contributed by atoms with Crippen LogP contribution in [-0.4, -0.2) is 24.0 Å². The number of nitrogens with zero attached hydrogens (tertiary/aromatic N) is 1. The summed E-state index contributed by atoms with van der Waals surface area (Å²) in [6.07, 6.45) is 2.44. The molecular formula is C12H18BrClN2S. The van der Waals surface area contributed by atoms with Crippen LogP contribution in [-0.2, 0) is 6.54 Å². The number of likely N-dealkylation sites (tertiary alicyclic amines) is 1. The first-order chi connectivity index (χ1) is 8.06. The van der Waals surface area contributed by atoms with Crippen LogP contribution in [0.5, 0.6) is 0 Å². The monoisotopic (exact) mass is 336 g/mol. The molecule has 1 aliphatic heterocycles. The van der Waals surface area contributed by atoms with Crippen LogP contribution in [0, 0.1) is 5.92 Å². The second-order valence-corrected chi connectivity index (χ2v) is 7.40. The Hall–Kier alpha value is 0.390. The molecule has 2 heterocycles. The lowest BCUT2D eigenvalue weighted by molar-refractivity contribution is 0.167. The Morgan fingerprint density at radius 1 is 1.59 bits per heavy atom. The van der Waals surface area contributed by atoms with Crippen LogP contribution in [0.4, 0.5) is 0 Å². The molecule has 0 bridgehead atoms. The van der Waals surface area contributed by atoms with Crippen LogP contribution >= 0.6 is 38.9 Å². The Labute approximate surface area is 120 Å². The number of halogens is 2. The Morgan fingerprint density at radius 3 is 2.71 bits per heavy atom. The molecule has 0 aromatic carbocycles. The zero-order chi connectivity index (χ0) is 12.4. The van der Waals surface area contributed by atoms with E-state index in [1.807, 2.05) is 0 Å². The fourth-order valence-corrected chi connectivity index (χ4v) is 4.16. The summed E-state index contributed by atoms with van der Waals surface area (Å²) in [6.45, 7) is 5.44. The molecule has 1 aliphatic rings. The molecule has 1 saturated heterocycles. The van der Waals surface area contributed by atoms with Crippen molar-refractivity contribution in [1.29, 1.82) is 0 Å². The molecule has 1 unspecified atom stereocenters. The molecule has 96 valence electrons. The minimum atomic E-state index is 0.336. The SMILES string of the molecule is CC(N)C1CCN(Cc2cc(Br)c(Cl)s2)CC1. The van der Waals surface area contributed by atoms with Crippen LogP contribution in [0.2, 0.25) is 4.34 Å².